The third kappa shape index (κ3) is 9.17. The molecule has 0 saturated carbocycles. The summed E-state index contributed by atoms with van der Waals surface area (Å²) in [6, 6.07) is 9.90. The molecule has 0 N–H and O–H groups in total. The fourth-order valence-corrected chi connectivity index (χ4v) is 4.07. The molecule has 0 saturated heterocycles. The van der Waals surface area contributed by atoms with Crippen molar-refractivity contribution in [2.24, 2.45) is 0 Å². The van der Waals surface area contributed by atoms with E-state index in [9.17, 15) is 4.79 Å². The van der Waals surface area contributed by atoms with Gasteiger partial charge in [0.05, 0.1) is 0 Å². The summed E-state index contributed by atoms with van der Waals surface area (Å²) in [5.41, 5.74) is 0. The molecule has 0 atom stereocenters. The lowest BCUT2D eigenvalue weighted by Gasteiger charge is -2.07. The monoisotopic (exact) mass is 443 g/mol. The van der Waals surface area contributed by atoms with Gasteiger partial charge < -0.3 is 4.74 Å². The van der Waals surface area contributed by atoms with Crippen LogP contribution >= 0.6 is 35.3 Å². The van der Waals surface area contributed by atoms with Gasteiger partial charge in [-0.3, -0.25) is 0 Å². The molecule has 0 radical (unpaired) electrons. The van der Waals surface area contributed by atoms with Gasteiger partial charge in [0.1, 0.15) is 6.61 Å². The van der Waals surface area contributed by atoms with Crippen molar-refractivity contribution in [1.29, 1.82) is 0 Å². The molecule has 0 unspecified atom stereocenters. The van der Waals surface area contributed by atoms with Crippen LogP contribution in [0.4, 0.5) is 0 Å². The summed E-state index contributed by atoms with van der Waals surface area (Å²) < 4.78 is 5.00. The largest absolute Gasteiger partial charge is 0.462 e. The van der Waals surface area contributed by atoms with Crippen LogP contribution in [0.3, 0.4) is 0 Å². The number of hydrogen-bond donors (Lipinski definition) is 0. The minimum atomic E-state index is -0.443. The number of hydrogen-bond acceptors (Lipinski definition) is 8. The average Bonchev–Trinajstić information content (AvgIpc) is 2.72. The summed E-state index contributed by atoms with van der Waals surface area (Å²) >= 11 is 4.24. The molecule has 1 aromatic heterocycles. The van der Waals surface area contributed by atoms with Crippen LogP contribution in [0, 0.1) is 0 Å². The first-order valence-electron chi connectivity index (χ1n) is 8.68. The molecule has 1 aromatic carbocycles. The number of nitrogens with zero attached hydrogens (tertiary/aromatic N) is 3. The van der Waals surface area contributed by atoms with Crippen LogP contribution in [-0.2, 0) is 9.53 Å². The van der Waals surface area contributed by atoms with E-state index in [1.54, 1.807) is 0 Å². The smallest absolute Gasteiger partial charge is 0.330 e. The summed E-state index contributed by atoms with van der Waals surface area (Å²) in [7, 11) is 0. The summed E-state index contributed by atoms with van der Waals surface area (Å²) in [5, 5.41) is 1.74. The molecule has 0 bridgehead atoms. The topological polar surface area (TPSA) is 65.0 Å². The number of rotatable bonds is 11. The molecule has 0 fully saturated rings. The maximum absolute atomic E-state index is 11.1. The van der Waals surface area contributed by atoms with Gasteiger partial charge in [-0.1, -0.05) is 73.1 Å². The number of allylic oxidation sites excluding steroid dienone is 4. The normalized spacial score (nSPS) is 11.1. The number of ether oxygens (including phenoxy) is 1. The van der Waals surface area contributed by atoms with Gasteiger partial charge in [0.2, 0.25) is 0 Å². The maximum atomic E-state index is 11.1. The Labute approximate surface area is 183 Å². The second kappa shape index (κ2) is 13.0. The van der Waals surface area contributed by atoms with Gasteiger partial charge in [-0.2, -0.15) is 15.0 Å². The molecule has 2 rings (SSSR count). The van der Waals surface area contributed by atoms with Crippen molar-refractivity contribution < 1.29 is 9.53 Å². The predicted octanol–water partition coefficient (Wildman–Crippen LogP) is 5.58. The lowest BCUT2D eigenvalue weighted by atomic mass is 10.4. The Morgan fingerprint density at radius 3 is 2.55 bits per heavy atom. The highest BCUT2D eigenvalue weighted by atomic mass is 32.2. The quantitative estimate of drug-likeness (QED) is 0.147. The number of benzene rings is 1. The molecule has 8 heteroatoms. The highest BCUT2D eigenvalue weighted by Crippen LogP contribution is 2.30. The molecule has 0 aliphatic carbocycles. The van der Waals surface area contributed by atoms with Crippen LogP contribution in [0.5, 0.6) is 0 Å². The van der Waals surface area contributed by atoms with E-state index in [2.05, 4.69) is 28.1 Å². The van der Waals surface area contributed by atoms with E-state index < -0.39 is 5.97 Å². The van der Waals surface area contributed by atoms with E-state index >= 15 is 0 Å². The second-order valence-electron chi connectivity index (χ2n) is 5.27. The van der Waals surface area contributed by atoms with Gasteiger partial charge in [0.25, 0.3) is 0 Å². The van der Waals surface area contributed by atoms with Crippen molar-refractivity contribution in [1.82, 2.24) is 15.0 Å². The van der Waals surface area contributed by atoms with Crippen molar-refractivity contribution in [2.45, 2.75) is 27.3 Å². The lowest BCUT2D eigenvalue weighted by Crippen LogP contribution is -2.04. The van der Waals surface area contributed by atoms with E-state index in [-0.39, 0.29) is 6.61 Å². The molecule has 0 amide bonds. The highest BCUT2D eigenvalue weighted by molar-refractivity contribution is 8.03. The molecule has 0 aliphatic rings. The van der Waals surface area contributed by atoms with Crippen molar-refractivity contribution in [2.75, 3.05) is 12.4 Å². The number of carbonyl (C=O) groups is 1. The number of carbonyl (C=O) groups excluding carboxylic acids is 1. The minimum absolute atomic E-state index is 0.254. The zero-order valence-electron chi connectivity index (χ0n) is 16.0. The van der Waals surface area contributed by atoms with Crippen molar-refractivity contribution in [3.05, 3.63) is 78.8 Å². The third-order valence-corrected chi connectivity index (χ3v) is 5.51. The van der Waals surface area contributed by atoms with Crippen molar-refractivity contribution in [3.63, 3.8) is 0 Å². The van der Waals surface area contributed by atoms with E-state index in [1.807, 2.05) is 61.6 Å². The summed E-state index contributed by atoms with van der Waals surface area (Å²) in [6.45, 7) is 9.61. The Bertz CT molecular complexity index is 899. The van der Waals surface area contributed by atoms with Gasteiger partial charge in [0.15, 0.2) is 15.5 Å². The van der Waals surface area contributed by atoms with Crippen LogP contribution < -0.4 is 0 Å². The highest BCUT2D eigenvalue weighted by Gasteiger charge is 2.10. The number of aromatic nitrogens is 3. The zero-order chi connectivity index (χ0) is 20.9. The molecule has 0 spiro atoms. The van der Waals surface area contributed by atoms with E-state index in [0.717, 1.165) is 15.9 Å². The van der Waals surface area contributed by atoms with E-state index in [1.165, 1.54) is 35.3 Å². The van der Waals surface area contributed by atoms with Crippen LogP contribution in [0.1, 0.15) is 6.92 Å². The maximum Gasteiger partial charge on any atom is 0.330 e. The van der Waals surface area contributed by atoms with E-state index in [4.69, 9.17) is 4.74 Å². The van der Waals surface area contributed by atoms with Crippen LogP contribution in [-0.4, -0.2) is 33.3 Å². The minimum Gasteiger partial charge on any atom is -0.462 e. The molecule has 1 heterocycles. The van der Waals surface area contributed by atoms with Gasteiger partial charge in [-0.05, 0) is 36.9 Å². The van der Waals surface area contributed by atoms with E-state index in [0.29, 0.717) is 21.2 Å². The Kier molecular flexibility index (Phi) is 10.3. The van der Waals surface area contributed by atoms with Crippen LogP contribution in [0.25, 0.3) is 0 Å². The summed E-state index contributed by atoms with van der Waals surface area (Å²) in [4.78, 5) is 26.6. The Morgan fingerprint density at radius 2 is 1.83 bits per heavy atom. The molecule has 29 heavy (non-hydrogen) atoms. The summed E-state index contributed by atoms with van der Waals surface area (Å²) in [6.07, 6.45) is 8.84. The molecular formula is C21H21N3O2S3. The zero-order valence-corrected chi connectivity index (χ0v) is 18.4. The van der Waals surface area contributed by atoms with Gasteiger partial charge in [-0.15, -0.1) is 0 Å². The molecular weight excluding hydrogens is 422 g/mol. The Morgan fingerprint density at radius 1 is 1.10 bits per heavy atom. The molecule has 0 aliphatic heterocycles. The van der Waals surface area contributed by atoms with Crippen molar-refractivity contribution >= 4 is 41.3 Å². The summed E-state index contributed by atoms with van der Waals surface area (Å²) in [5.74, 6) is 0.0905. The Hall–Kier alpha value is -2.29. The first-order chi connectivity index (χ1) is 14.1. The fraction of sp³-hybridized carbons (Fsp3) is 0.143. The van der Waals surface area contributed by atoms with Gasteiger partial charge >= 0.3 is 5.97 Å². The van der Waals surface area contributed by atoms with Crippen LogP contribution in [0.2, 0.25) is 0 Å². The lowest BCUT2D eigenvalue weighted by molar-refractivity contribution is -0.137. The first kappa shape index (κ1) is 23.0. The molecule has 2 aromatic rings. The molecule has 5 nitrogen and oxygen atoms in total. The first-order valence-corrected chi connectivity index (χ1v) is 11.3. The standard InChI is InChI=1S/C21H21N3O2S3/c1-4-6-8-11-16(3)28-20-22-19(27-15-14-26-18(25)5-2)23-21(24-20)29-17-12-9-7-10-13-17/h4-13H,2-3,14-15H2,1H3/b6-4-,11-8-. The van der Waals surface area contributed by atoms with Gasteiger partial charge in [0, 0.05) is 21.6 Å². The van der Waals surface area contributed by atoms with Crippen molar-refractivity contribution in [3.8, 4) is 0 Å². The van der Waals surface area contributed by atoms with Gasteiger partial charge in [-0.25, -0.2) is 4.79 Å². The fourth-order valence-electron chi connectivity index (χ4n) is 1.83. The average molecular weight is 444 g/mol. The Balaban J connectivity index is 2.12. The number of esters is 1. The third-order valence-electron chi connectivity index (χ3n) is 3.06. The predicted molar refractivity (Wildman–Crippen MR) is 121 cm³/mol. The molecule has 150 valence electrons. The number of thioether (sulfide) groups is 2. The second-order valence-corrected chi connectivity index (χ2v) is 8.47. The van der Waals surface area contributed by atoms with Crippen LogP contribution in [0.15, 0.2) is 99.1 Å². The SMILES string of the molecule is C=CC(=O)OCCSc1nc(SC(=C)/C=C\C=C/C)nc(Sc2ccccc2)n1.